The highest BCUT2D eigenvalue weighted by molar-refractivity contribution is 5.72. The first-order valence-electron chi connectivity index (χ1n) is 8.26. The molecule has 0 saturated carbocycles. The van der Waals surface area contributed by atoms with Gasteiger partial charge in [0.15, 0.2) is 11.5 Å². The van der Waals surface area contributed by atoms with E-state index in [4.69, 9.17) is 8.83 Å². The van der Waals surface area contributed by atoms with Crippen molar-refractivity contribution in [3.63, 3.8) is 0 Å². The smallest absolute Gasteiger partial charge is 0.318 e. The number of piperidine rings is 1. The fourth-order valence-corrected chi connectivity index (χ4v) is 3.09. The highest BCUT2D eigenvalue weighted by atomic mass is 16.4. The Balaban J connectivity index is 1.42. The lowest BCUT2D eigenvalue weighted by Gasteiger charge is -2.28. The number of para-hydroxylation sites is 2. The molecule has 0 spiro atoms. The van der Waals surface area contributed by atoms with E-state index in [2.05, 4.69) is 20.1 Å². The molecule has 126 valence electrons. The number of hydrogen-bond donors (Lipinski definition) is 0. The number of nitrogens with zero attached hydrogens (tertiary/aromatic N) is 5. The SMILES string of the molecule is CN(C)Cc1nnc(N2CCC(c3nc4ccccc4o3)CC2)o1. The lowest BCUT2D eigenvalue weighted by molar-refractivity contribution is 0.337. The monoisotopic (exact) mass is 327 g/mol. The maximum Gasteiger partial charge on any atom is 0.318 e. The zero-order valence-electron chi connectivity index (χ0n) is 14.0. The summed E-state index contributed by atoms with van der Waals surface area (Å²) in [4.78, 5) is 8.78. The van der Waals surface area contributed by atoms with Gasteiger partial charge in [0.2, 0.25) is 5.89 Å². The molecule has 0 atom stereocenters. The molecule has 1 fully saturated rings. The van der Waals surface area contributed by atoms with Gasteiger partial charge in [-0.05, 0) is 39.1 Å². The standard InChI is InChI=1S/C17H21N5O2/c1-21(2)11-15-19-20-17(24-15)22-9-7-12(8-10-22)16-18-13-5-3-4-6-14(13)23-16/h3-6,12H,7-11H2,1-2H3. The molecule has 24 heavy (non-hydrogen) atoms. The third-order valence-electron chi connectivity index (χ3n) is 4.33. The van der Waals surface area contributed by atoms with E-state index in [0.717, 1.165) is 42.9 Å². The molecule has 3 heterocycles. The molecule has 1 aliphatic heterocycles. The molecule has 1 aromatic carbocycles. The van der Waals surface area contributed by atoms with Gasteiger partial charge in [-0.2, -0.15) is 0 Å². The molecular formula is C17H21N5O2. The Kier molecular flexibility index (Phi) is 3.93. The van der Waals surface area contributed by atoms with E-state index in [-0.39, 0.29) is 0 Å². The first-order valence-corrected chi connectivity index (χ1v) is 8.26. The molecule has 4 rings (SSSR count). The number of hydrogen-bond acceptors (Lipinski definition) is 7. The van der Waals surface area contributed by atoms with E-state index in [1.54, 1.807) is 0 Å². The van der Waals surface area contributed by atoms with Gasteiger partial charge < -0.3 is 18.6 Å². The lowest BCUT2D eigenvalue weighted by Crippen LogP contribution is -2.33. The molecule has 0 aliphatic carbocycles. The van der Waals surface area contributed by atoms with Crippen LogP contribution < -0.4 is 4.90 Å². The van der Waals surface area contributed by atoms with Gasteiger partial charge in [-0.15, -0.1) is 5.10 Å². The minimum atomic E-state index is 0.345. The Morgan fingerprint density at radius 1 is 1.12 bits per heavy atom. The van der Waals surface area contributed by atoms with Crippen molar-refractivity contribution in [3.8, 4) is 0 Å². The molecule has 0 bridgehead atoms. The van der Waals surface area contributed by atoms with Crippen molar-refractivity contribution in [2.24, 2.45) is 0 Å². The van der Waals surface area contributed by atoms with Gasteiger partial charge in [0.05, 0.1) is 6.54 Å². The third kappa shape index (κ3) is 2.99. The summed E-state index contributed by atoms with van der Waals surface area (Å²) in [6.07, 6.45) is 1.94. The highest BCUT2D eigenvalue weighted by Crippen LogP contribution is 2.31. The Morgan fingerprint density at radius 2 is 1.92 bits per heavy atom. The van der Waals surface area contributed by atoms with Gasteiger partial charge in [-0.25, -0.2) is 4.98 Å². The summed E-state index contributed by atoms with van der Waals surface area (Å²) in [5, 5.41) is 8.28. The maximum atomic E-state index is 5.91. The summed E-state index contributed by atoms with van der Waals surface area (Å²) < 4.78 is 11.7. The van der Waals surface area contributed by atoms with E-state index in [9.17, 15) is 0 Å². The largest absolute Gasteiger partial charge is 0.440 e. The highest BCUT2D eigenvalue weighted by Gasteiger charge is 2.27. The van der Waals surface area contributed by atoms with E-state index in [1.165, 1.54) is 0 Å². The first kappa shape index (κ1) is 15.1. The van der Waals surface area contributed by atoms with Crippen LogP contribution in [0.5, 0.6) is 0 Å². The van der Waals surface area contributed by atoms with Crippen molar-refractivity contribution in [1.29, 1.82) is 0 Å². The van der Waals surface area contributed by atoms with Crippen LogP contribution in [0.4, 0.5) is 6.01 Å². The Hall–Kier alpha value is -2.41. The third-order valence-corrected chi connectivity index (χ3v) is 4.33. The summed E-state index contributed by atoms with van der Waals surface area (Å²) >= 11 is 0. The Morgan fingerprint density at radius 3 is 2.67 bits per heavy atom. The predicted octanol–water partition coefficient (Wildman–Crippen LogP) is 2.66. The molecule has 0 N–H and O–H groups in total. The summed E-state index contributed by atoms with van der Waals surface area (Å²) in [6.45, 7) is 2.40. The minimum absolute atomic E-state index is 0.345. The lowest BCUT2D eigenvalue weighted by atomic mass is 9.97. The van der Waals surface area contributed by atoms with Crippen molar-refractivity contribution < 1.29 is 8.83 Å². The van der Waals surface area contributed by atoms with Gasteiger partial charge in [0.25, 0.3) is 0 Å². The first-order chi connectivity index (χ1) is 11.7. The quantitative estimate of drug-likeness (QED) is 0.729. The number of oxazole rings is 1. The summed E-state index contributed by atoms with van der Waals surface area (Å²) in [5.41, 5.74) is 1.79. The average molecular weight is 327 g/mol. The Labute approximate surface area is 140 Å². The van der Waals surface area contributed by atoms with Crippen LogP contribution in [-0.2, 0) is 6.54 Å². The van der Waals surface area contributed by atoms with Crippen LogP contribution in [0.1, 0.15) is 30.5 Å². The number of aromatic nitrogens is 3. The zero-order valence-corrected chi connectivity index (χ0v) is 14.0. The topological polar surface area (TPSA) is 71.4 Å². The molecule has 0 radical (unpaired) electrons. The number of anilines is 1. The minimum Gasteiger partial charge on any atom is -0.440 e. The molecule has 7 nitrogen and oxygen atoms in total. The van der Waals surface area contributed by atoms with Crippen LogP contribution in [0.25, 0.3) is 11.1 Å². The van der Waals surface area contributed by atoms with E-state index in [1.807, 2.05) is 43.3 Å². The molecule has 7 heteroatoms. The summed E-state index contributed by atoms with van der Waals surface area (Å²) in [6, 6.07) is 8.52. The fourth-order valence-electron chi connectivity index (χ4n) is 3.09. The Bertz CT molecular complexity index is 784. The molecular weight excluding hydrogens is 306 g/mol. The summed E-state index contributed by atoms with van der Waals surface area (Å²) in [7, 11) is 3.96. The maximum absolute atomic E-state index is 5.91. The van der Waals surface area contributed by atoms with Gasteiger partial charge in [0, 0.05) is 19.0 Å². The second kappa shape index (κ2) is 6.24. The van der Waals surface area contributed by atoms with Crippen molar-refractivity contribution in [3.05, 3.63) is 36.0 Å². The van der Waals surface area contributed by atoms with Crippen LogP contribution in [0.15, 0.2) is 33.1 Å². The molecule has 0 amide bonds. The van der Waals surface area contributed by atoms with Crippen LogP contribution in [0, 0.1) is 0 Å². The van der Waals surface area contributed by atoms with Crippen LogP contribution >= 0.6 is 0 Å². The summed E-state index contributed by atoms with van der Waals surface area (Å²) in [5.74, 6) is 1.84. The van der Waals surface area contributed by atoms with Crippen LogP contribution in [0.3, 0.4) is 0 Å². The fraction of sp³-hybridized carbons (Fsp3) is 0.471. The number of benzene rings is 1. The normalized spacial score (nSPS) is 16.4. The van der Waals surface area contributed by atoms with Crippen molar-refractivity contribution in [1.82, 2.24) is 20.1 Å². The van der Waals surface area contributed by atoms with Gasteiger partial charge in [-0.3, -0.25) is 0 Å². The van der Waals surface area contributed by atoms with Crippen molar-refractivity contribution >= 4 is 17.1 Å². The van der Waals surface area contributed by atoms with E-state index >= 15 is 0 Å². The van der Waals surface area contributed by atoms with Gasteiger partial charge in [0.1, 0.15) is 5.52 Å². The van der Waals surface area contributed by atoms with Crippen LogP contribution in [-0.4, -0.2) is 47.3 Å². The molecule has 1 saturated heterocycles. The molecule has 2 aromatic heterocycles. The molecule has 1 aliphatic rings. The zero-order chi connectivity index (χ0) is 16.5. The molecule has 3 aromatic rings. The van der Waals surface area contributed by atoms with E-state index < -0.39 is 0 Å². The van der Waals surface area contributed by atoms with E-state index in [0.29, 0.717) is 24.4 Å². The van der Waals surface area contributed by atoms with Crippen molar-refractivity contribution in [2.45, 2.75) is 25.3 Å². The van der Waals surface area contributed by atoms with Gasteiger partial charge in [-0.1, -0.05) is 17.2 Å². The number of fused-ring (bicyclic) bond motifs is 1. The predicted molar refractivity (Wildman–Crippen MR) is 89.9 cm³/mol. The van der Waals surface area contributed by atoms with Crippen LogP contribution in [0.2, 0.25) is 0 Å². The number of rotatable bonds is 4. The average Bonchev–Trinajstić information content (AvgIpc) is 3.21. The van der Waals surface area contributed by atoms with Crippen molar-refractivity contribution in [2.75, 3.05) is 32.1 Å². The van der Waals surface area contributed by atoms with Gasteiger partial charge >= 0.3 is 6.01 Å². The second-order valence-electron chi connectivity index (χ2n) is 6.50. The molecule has 0 unspecified atom stereocenters. The second-order valence-corrected chi connectivity index (χ2v) is 6.50.